The molecule has 53 heavy (non-hydrogen) atoms. The summed E-state index contributed by atoms with van der Waals surface area (Å²) in [6, 6.07) is 21.2. The van der Waals surface area contributed by atoms with Gasteiger partial charge in [-0.25, -0.2) is 0 Å². The summed E-state index contributed by atoms with van der Waals surface area (Å²) in [6.07, 6.45) is 41.1. The first kappa shape index (κ1) is 48.4. The number of carbonyl (C=O) groups excluding carboxylic acids is 2. The SMILES string of the molecule is CCCCCCCCCCCCCCCCCC(=O)[S][Sn]([S]C(=O)CCCCCCCCCCCCCCCCC)([c]1ccccc1)[c]1ccccc1. The predicted molar refractivity (Wildman–Crippen MR) is 242 cm³/mol. The van der Waals surface area contributed by atoms with Crippen LogP contribution in [0.5, 0.6) is 0 Å². The summed E-state index contributed by atoms with van der Waals surface area (Å²) in [5.41, 5.74) is 0. The maximum atomic E-state index is 13.7. The summed E-state index contributed by atoms with van der Waals surface area (Å²) in [4.78, 5) is 27.4. The monoisotopic (exact) mass is 872 g/mol. The van der Waals surface area contributed by atoms with Crippen molar-refractivity contribution in [2.24, 2.45) is 0 Å². The van der Waals surface area contributed by atoms with E-state index in [9.17, 15) is 9.59 Å². The van der Waals surface area contributed by atoms with Gasteiger partial charge in [-0.15, -0.1) is 0 Å². The van der Waals surface area contributed by atoms with Gasteiger partial charge < -0.3 is 0 Å². The van der Waals surface area contributed by atoms with Crippen LogP contribution in [-0.4, -0.2) is 25.8 Å². The van der Waals surface area contributed by atoms with E-state index in [1.165, 1.54) is 174 Å². The van der Waals surface area contributed by atoms with Crippen molar-refractivity contribution >= 4 is 50.9 Å². The van der Waals surface area contributed by atoms with Crippen molar-refractivity contribution in [2.75, 3.05) is 0 Å². The van der Waals surface area contributed by atoms with Crippen LogP contribution in [0.25, 0.3) is 0 Å². The van der Waals surface area contributed by atoms with E-state index in [4.69, 9.17) is 0 Å². The normalized spacial score (nSPS) is 11.7. The van der Waals surface area contributed by atoms with Gasteiger partial charge in [0.2, 0.25) is 0 Å². The molecule has 2 aromatic carbocycles. The molecule has 0 aliphatic heterocycles. The summed E-state index contributed by atoms with van der Waals surface area (Å²) < 4.78 is 2.47. The van der Waals surface area contributed by atoms with Gasteiger partial charge in [0, 0.05) is 0 Å². The van der Waals surface area contributed by atoms with E-state index in [1.54, 1.807) is 17.9 Å². The first-order valence-corrected chi connectivity index (χ1v) is 34.1. The zero-order valence-electron chi connectivity index (χ0n) is 34.5. The van der Waals surface area contributed by atoms with Crippen LogP contribution in [0.1, 0.15) is 219 Å². The molecule has 0 bridgehead atoms. The molecule has 0 aliphatic rings. The van der Waals surface area contributed by atoms with Crippen molar-refractivity contribution < 1.29 is 9.59 Å². The van der Waals surface area contributed by atoms with Gasteiger partial charge in [-0.1, -0.05) is 90.9 Å². The summed E-state index contributed by atoms with van der Waals surface area (Å²) in [5.74, 6) is 0. The molecule has 300 valence electrons. The van der Waals surface area contributed by atoms with E-state index in [2.05, 4.69) is 74.5 Å². The molecule has 2 nitrogen and oxygen atoms in total. The Hall–Kier alpha value is -0.721. The van der Waals surface area contributed by atoms with E-state index in [1.807, 2.05) is 0 Å². The first-order valence-electron chi connectivity index (χ1n) is 22.7. The Morgan fingerprint density at radius 1 is 0.358 bits per heavy atom. The molecule has 0 radical (unpaired) electrons. The molecule has 5 heteroatoms. The minimum atomic E-state index is -3.78. The van der Waals surface area contributed by atoms with E-state index >= 15 is 0 Å². The molecule has 2 aromatic rings. The standard InChI is InChI=1S/2C18H36OS.2C6H5.Sn/c2*1-2-3-4-5-6-7-8-9-10-11-12-13-14-15-16-17-18(19)20;2*1-2-4-6-5-3-1;/h2*2-17H2,1H3,(H,19,20);2*1-5H;/q;;;;+2/p-2. The second-order valence-electron chi connectivity index (χ2n) is 15.7. The van der Waals surface area contributed by atoms with Crippen molar-refractivity contribution in [3.63, 3.8) is 0 Å². The third-order valence-corrected chi connectivity index (χ3v) is 37.0. The third-order valence-electron chi connectivity index (χ3n) is 10.8. The van der Waals surface area contributed by atoms with Gasteiger partial charge in [-0.2, -0.15) is 0 Å². The summed E-state index contributed by atoms with van der Waals surface area (Å²) in [6.45, 7) is 4.58. The third kappa shape index (κ3) is 24.5. The first-order chi connectivity index (χ1) is 26.1. The second-order valence-corrected chi connectivity index (χ2v) is 37.3. The molecule has 2 rings (SSSR count). The van der Waals surface area contributed by atoms with Crippen LogP contribution in [0, 0.1) is 0 Å². The van der Waals surface area contributed by atoms with Crippen LogP contribution in [0.4, 0.5) is 0 Å². The topological polar surface area (TPSA) is 34.1 Å². The fourth-order valence-corrected chi connectivity index (χ4v) is 33.5. The summed E-state index contributed by atoms with van der Waals surface area (Å²) >= 11 is -3.78. The predicted octanol–water partition coefficient (Wildman–Crippen LogP) is 15.3. The van der Waals surface area contributed by atoms with Crippen molar-refractivity contribution in [3.05, 3.63) is 60.7 Å². The van der Waals surface area contributed by atoms with Crippen molar-refractivity contribution in [1.82, 2.24) is 0 Å². The Bertz CT molecular complexity index is 1040. The van der Waals surface area contributed by atoms with Crippen LogP contribution in [-0.2, 0) is 9.59 Å². The minimum absolute atomic E-state index is 0.287. The number of hydrogen-bond acceptors (Lipinski definition) is 4. The average molecular weight is 872 g/mol. The maximum absolute atomic E-state index is 13.7. The zero-order valence-corrected chi connectivity index (χ0v) is 39.0. The van der Waals surface area contributed by atoms with E-state index in [-0.39, 0.29) is 10.2 Å². The van der Waals surface area contributed by atoms with Crippen molar-refractivity contribution in [1.29, 1.82) is 0 Å². The molecule has 0 heterocycles. The van der Waals surface area contributed by atoms with Crippen LogP contribution in [0.15, 0.2) is 60.7 Å². The molecule has 0 N–H and O–H groups in total. The molecular weight excluding hydrogens is 791 g/mol. The molecule has 0 aliphatic carbocycles. The summed E-state index contributed by atoms with van der Waals surface area (Å²) in [5, 5.41) is 0.575. The molecule has 0 unspecified atom stereocenters. The fourth-order valence-electron chi connectivity index (χ4n) is 7.44. The van der Waals surface area contributed by atoms with E-state index in [0.29, 0.717) is 12.8 Å². The number of hydrogen-bond donors (Lipinski definition) is 0. The van der Waals surface area contributed by atoms with Crippen LogP contribution in [0.3, 0.4) is 0 Å². The Balaban J connectivity index is 1.72. The Morgan fingerprint density at radius 2 is 0.585 bits per heavy atom. The molecule has 0 saturated carbocycles. The van der Waals surface area contributed by atoms with Gasteiger partial charge >= 0.3 is 250 Å². The fraction of sp³-hybridized carbons (Fsp3) is 0.708. The Kier molecular flexibility index (Phi) is 31.5. The van der Waals surface area contributed by atoms with Gasteiger partial charge in [-0.05, 0) is 0 Å². The number of benzene rings is 2. The quantitative estimate of drug-likeness (QED) is 0.0505. The second kappa shape index (κ2) is 34.5. The Morgan fingerprint density at radius 3 is 0.830 bits per heavy atom. The van der Waals surface area contributed by atoms with Crippen molar-refractivity contribution in [3.8, 4) is 0 Å². The Labute approximate surface area is 338 Å². The van der Waals surface area contributed by atoms with Gasteiger partial charge in [0.25, 0.3) is 0 Å². The number of unbranched alkanes of at least 4 members (excludes halogenated alkanes) is 28. The van der Waals surface area contributed by atoms with Crippen LogP contribution in [0.2, 0.25) is 0 Å². The van der Waals surface area contributed by atoms with E-state index in [0.717, 1.165) is 25.7 Å². The number of carbonyl (C=O) groups is 2. The van der Waals surface area contributed by atoms with Crippen LogP contribution >= 0.6 is 17.9 Å². The van der Waals surface area contributed by atoms with Gasteiger partial charge in [0.05, 0.1) is 0 Å². The molecule has 0 saturated heterocycles. The average Bonchev–Trinajstić information content (AvgIpc) is 3.18. The van der Waals surface area contributed by atoms with Crippen molar-refractivity contribution in [2.45, 2.75) is 219 Å². The zero-order chi connectivity index (χ0) is 37.9. The van der Waals surface area contributed by atoms with Gasteiger partial charge in [0.15, 0.2) is 0 Å². The van der Waals surface area contributed by atoms with Gasteiger partial charge in [-0.3, -0.25) is 0 Å². The summed E-state index contributed by atoms with van der Waals surface area (Å²) in [7, 11) is 3.18. The molecular formula is C48H80O2S2Sn. The molecule has 0 aromatic heterocycles. The number of rotatable bonds is 36. The van der Waals surface area contributed by atoms with Crippen LogP contribution < -0.4 is 7.16 Å². The van der Waals surface area contributed by atoms with E-state index < -0.39 is 15.6 Å². The molecule has 0 fully saturated rings. The molecule has 0 spiro atoms. The van der Waals surface area contributed by atoms with Gasteiger partial charge in [0.1, 0.15) is 0 Å². The molecule has 0 amide bonds. The molecule has 0 atom stereocenters.